The molecule has 0 radical (unpaired) electrons. The Hall–Kier alpha value is -3.60. The second-order valence-electron chi connectivity index (χ2n) is 9.57. The van der Waals surface area contributed by atoms with Crippen LogP contribution in [0.25, 0.3) is 0 Å². The molecule has 0 aliphatic carbocycles. The lowest BCUT2D eigenvalue weighted by Crippen LogP contribution is -2.52. The van der Waals surface area contributed by atoms with Gasteiger partial charge in [-0.15, -0.1) is 0 Å². The minimum atomic E-state index is -0.627. The smallest absolute Gasteiger partial charge is 0.243 e. The van der Waals surface area contributed by atoms with Crippen molar-refractivity contribution in [3.63, 3.8) is 0 Å². The minimum Gasteiger partial charge on any atom is -0.497 e. The molecule has 0 aliphatic heterocycles. The van der Waals surface area contributed by atoms with Crippen LogP contribution in [0.1, 0.15) is 55.9 Å². The maximum absolute atomic E-state index is 13.8. The molecule has 0 heterocycles. The van der Waals surface area contributed by atoms with Gasteiger partial charge in [0.15, 0.2) is 0 Å². The van der Waals surface area contributed by atoms with Crippen molar-refractivity contribution in [3.05, 3.63) is 101 Å². The molecule has 0 spiro atoms. The van der Waals surface area contributed by atoms with Gasteiger partial charge in [0.25, 0.3) is 0 Å². The summed E-state index contributed by atoms with van der Waals surface area (Å²) in [6.07, 6.45) is 3.21. The lowest BCUT2D eigenvalue weighted by Gasteiger charge is -2.32. The maximum Gasteiger partial charge on any atom is 0.243 e. The van der Waals surface area contributed by atoms with Gasteiger partial charge in [0.2, 0.25) is 11.8 Å². The number of benzene rings is 3. The summed E-state index contributed by atoms with van der Waals surface area (Å²) in [6, 6.07) is 25.4. The normalized spacial score (nSPS) is 12.4. The first kappa shape index (κ1) is 28.0. The third kappa shape index (κ3) is 8.49. The van der Waals surface area contributed by atoms with E-state index in [-0.39, 0.29) is 17.9 Å². The summed E-state index contributed by atoms with van der Waals surface area (Å²) in [5.74, 6) is 0.564. The minimum absolute atomic E-state index is 0.0247. The first-order valence-electron chi connectivity index (χ1n) is 13.3. The number of nitrogens with zero attached hydrogens (tertiary/aromatic N) is 1. The molecule has 3 aromatic rings. The number of carbonyl (C=O) groups is 2. The Labute approximate surface area is 221 Å². The highest BCUT2D eigenvalue weighted by atomic mass is 16.5. The predicted octanol–water partition coefficient (Wildman–Crippen LogP) is 5.75. The molecule has 1 N–H and O–H groups in total. The Balaban J connectivity index is 1.91. The van der Waals surface area contributed by atoms with Crippen LogP contribution in [0.15, 0.2) is 78.9 Å². The monoisotopic (exact) mass is 500 g/mol. The molecule has 196 valence electrons. The van der Waals surface area contributed by atoms with Crippen LogP contribution < -0.4 is 10.1 Å². The maximum atomic E-state index is 13.8. The Bertz CT molecular complexity index is 1130. The van der Waals surface area contributed by atoms with Crippen LogP contribution in [0.5, 0.6) is 5.75 Å². The molecule has 5 nitrogen and oxygen atoms in total. The largest absolute Gasteiger partial charge is 0.497 e. The average molecular weight is 501 g/mol. The number of nitrogens with one attached hydrogen (secondary N) is 1. The molecule has 0 aromatic heterocycles. The third-order valence-corrected chi connectivity index (χ3v) is 6.82. The molecule has 2 amide bonds. The highest BCUT2D eigenvalue weighted by molar-refractivity contribution is 5.88. The van der Waals surface area contributed by atoms with Crippen molar-refractivity contribution in [3.8, 4) is 5.75 Å². The fourth-order valence-electron chi connectivity index (χ4n) is 4.30. The summed E-state index contributed by atoms with van der Waals surface area (Å²) >= 11 is 0. The standard InChI is InChI=1S/C32H40N2O3/c1-5-24(3)33-32(36)30(22-27-11-8-7-9-12-27)34(23-28-13-10-14-29(21-28)37-4)31(35)20-19-26-17-15-25(6-2)16-18-26/h7-18,21,24,30H,5-6,19-20,22-23H2,1-4H3,(H,33,36). The highest BCUT2D eigenvalue weighted by Crippen LogP contribution is 2.20. The van der Waals surface area contributed by atoms with E-state index in [0.717, 1.165) is 35.3 Å². The van der Waals surface area contributed by atoms with Gasteiger partial charge in [-0.3, -0.25) is 9.59 Å². The zero-order valence-corrected chi connectivity index (χ0v) is 22.6. The van der Waals surface area contributed by atoms with Gasteiger partial charge in [0, 0.05) is 25.4 Å². The number of hydrogen-bond acceptors (Lipinski definition) is 3. The number of aryl methyl sites for hydroxylation is 2. The Morgan fingerprint density at radius 1 is 0.865 bits per heavy atom. The number of ether oxygens (including phenoxy) is 1. The van der Waals surface area contributed by atoms with E-state index in [9.17, 15) is 9.59 Å². The van der Waals surface area contributed by atoms with E-state index in [0.29, 0.717) is 25.8 Å². The summed E-state index contributed by atoms with van der Waals surface area (Å²) < 4.78 is 5.41. The van der Waals surface area contributed by atoms with E-state index >= 15 is 0 Å². The Morgan fingerprint density at radius 2 is 1.54 bits per heavy atom. The number of hydrogen-bond donors (Lipinski definition) is 1. The highest BCUT2D eigenvalue weighted by Gasteiger charge is 2.30. The summed E-state index contributed by atoms with van der Waals surface area (Å²) in [4.78, 5) is 29.1. The van der Waals surface area contributed by atoms with E-state index in [1.807, 2.05) is 68.4 Å². The number of rotatable bonds is 13. The third-order valence-electron chi connectivity index (χ3n) is 6.82. The second kappa shape index (κ2) is 14.2. The van der Waals surface area contributed by atoms with Crippen LogP contribution in [0, 0.1) is 0 Å². The van der Waals surface area contributed by atoms with Crippen molar-refractivity contribution in [2.75, 3.05) is 7.11 Å². The summed E-state index contributed by atoms with van der Waals surface area (Å²) in [5, 5.41) is 3.12. The van der Waals surface area contributed by atoms with Gasteiger partial charge < -0.3 is 15.0 Å². The Kier molecular flexibility index (Phi) is 10.8. The lowest BCUT2D eigenvalue weighted by molar-refractivity contribution is -0.141. The predicted molar refractivity (Wildman–Crippen MR) is 150 cm³/mol. The lowest BCUT2D eigenvalue weighted by atomic mass is 10.0. The number of amides is 2. The van der Waals surface area contributed by atoms with Crippen molar-refractivity contribution >= 4 is 11.8 Å². The fourth-order valence-corrected chi connectivity index (χ4v) is 4.30. The molecule has 0 fully saturated rings. The van der Waals surface area contributed by atoms with Gasteiger partial charge in [0.05, 0.1) is 7.11 Å². The van der Waals surface area contributed by atoms with E-state index in [1.165, 1.54) is 5.56 Å². The number of carbonyl (C=O) groups excluding carboxylic acids is 2. The van der Waals surface area contributed by atoms with Gasteiger partial charge in [-0.25, -0.2) is 0 Å². The van der Waals surface area contributed by atoms with E-state index in [1.54, 1.807) is 12.0 Å². The van der Waals surface area contributed by atoms with Crippen LogP contribution >= 0.6 is 0 Å². The van der Waals surface area contributed by atoms with Crippen LogP contribution in [0.2, 0.25) is 0 Å². The Morgan fingerprint density at radius 3 is 2.19 bits per heavy atom. The van der Waals surface area contributed by atoms with Crippen molar-refractivity contribution < 1.29 is 14.3 Å². The van der Waals surface area contributed by atoms with E-state index < -0.39 is 6.04 Å². The average Bonchev–Trinajstić information content (AvgIpc) is 2.94. The molecule has 2 atom stereocenters. The summed E-state index contributed by atoms with van der Waals surface area (Å²) in [5.41, 5.74) is 4.34. The second-order valence-corrected chi connectivity index (χ2v) is 9.57. The van der Waals surface area contributed by atoms with Crippen LogP contribution in [0.4, 0.5) is 0 Å². The van der Waals surface area contributed by atoms with Gasteiger partial charge in [-0.1, -0.05) is 80.6 Å². The molecule has 0 bridgehead atoms. The van der Waals surface area contributed by atoms with Crippen molar-refractivity contribution in [2.45, 2.75) is 71.5 Å². The molecule has 3 aromatic carbocycles. The zero-order valence-electron chi connectivity index (χ0n) is 22.6. The van der Waals surface area contributed by atoms with E-state index in [4.69, 9.17) is 4.74 Å². The fraction of sp³-hybridized carbons (Fsp3) is 0.375. The molecule has 0 saturated heterocycles. The molecule has 0 aliphatic rings. The molecule has 2 unspecified atom stereocenters. The molecule has 5 heteroatoms. The molecule has 0 saturated carbocycles. The van der Waals surface area contributed by atoms with Gasteiger partial charge in [-0.05, 0) is 60.6 Å². The quantitative estimate of drug-likeness (QED) is 0.325. The summed E-state index contributed by atoms with van der Waals surface area (Å²) in [7, 11) is 1.63. The van der Waals surface area contributed by atoms with Crippen molar-refractivity contribution in [2.24, 2.45) is 0 Å². The first-order valence-corrected chi connectivity index (χ1v) is 13.3. The summed E-state index contributed by atoms with van der Waals surface area (Å²) in [6.45, 7) is 6.49. The molecule has 3 rings (SSSR count). The molecule has 37 heavy (non-hydrogen) atoms. The first-order chi connectivity index (χ1) is 17.9. The zero-order chi connectivity index (χ0) is 26.6. The number of methoxy groups -OCH3 is 1. The topological polar surface area (TPSA) is 58.6 Å². The van der Waals surface area contributed by atoms with Crippen LogP contribution in [-0.4, -0.2) is 35.9 Å². The molecular formula is C32H40N2O3. The molecular weight excluding hydrogens is 460 g/mol. The van der Waals surface area contributed by atoms with Crippen molar-refractivity contribution in [1.82, 2.24) is 10.2 Å². The van der Waals surface area contributed by atoms with E-state index in [2.05, 4.69) is 36.5 Å². The van der Waals surface area contributed by atoms with Gasteiger partial charge in [0.1, 0.15) is 11.8 Å². The van der Waals surface area contributed by atoms with Gasteiger partial charge >= 0.3 is 0 Å². The van der Waals surface area contributed by atoms with Crippen LogP contribution in [-0.2, 0) is 35.4 Å². The van der Waals surface area contributed by atoms with Crippen molar-refractivity contribution in [1.29, 1.82) is 0 Å². The van der Waals surface area contributed by atoms with Gasteiger partial charge in [-0.2, -0.15) is 0 Å². The SMILES string of the molecule is CCc1ccc(CCC(=O)N(Cc2cccc(OC)c2)C(Cc2ccccc2)C(=O)NC(C)CC)cc1. The van der Waals surface area contributed by atoms with Crippen LogP contribution in [0.3, 0.4) is 0 Å².